The maximum atomic E-state index is 9.68. The summed E-state index contributed by atoms with van der Waals surface area (Å²) < 4.78 is 4.96. The third-order valence-corrected chi connectivity index (χ3v) is 2.45. The number of methoxy groups -OCH3 is 1. The molecule has 0 aliphatic carbocycles. The lowest BCUT2D eigenvalue weighted by Gasteiger charge is -2.12. The second-order valence-electron chi connectivity index (χ2n) is 2.85. The van der Waals surface area contributed by atoms with Crippen LogP contribution in [0.15, 0.2) is 6.07 Å². The van der Waals surface area contributed by atoms with Gasteiger partial charge in [0, 0.05) is 5.56 Å². The van der Waals surface area contributed by atoms with Crippen LogP contribution in [0.2, 0.25) is 5.02 Å². The molecule has 0 aromatic heterocycles. The number of phenols is 1. The zero-order valence-electron chi connectivity index (χ0n) is 8.00. The summed E-state index contributed by atoms with van der Waals surface area (Å²) >= 11 is 5.96. The molecule has 14 heavy (non-hydrogen) atoms. The van der Waals surface area contributed by atoms with Crippen LogP contribution in [-0.4, -0.2) is 12.2 Å². The van der Waals surface area contributed by atoms with E-state index in [1.165, 1.54) is 7.11 Å². The Hall–Kier alpha value is -0.970. The van der Waals surface area contributed by atoms with E-state index in [2.05, 4.69) is 4.84 Å². The highest BCUT2D eigenvalue weighted by Gasteiger charge is 2.14. The average Bonchev–Trinajstić information content (AvgIpc) is 2.18. The number of rotatable bonds is 3. The molecule has 0 saturated carbocycles. The number of aryl methyl sites for hydroxylation is 1. The van der Waals surface area contributed by atoms with Crippen LogP contribution in [0.4, 0.5) is 0 Å². The van der Waals surface area contributed by atoms with E-state index in [0.29, 0.717) is 16.3 Å². The zero-order chi connectivity index (χ0) is 10.7. The number of aromatic hydroxyl groups is 1. The Balaban J connectivity index is 3.29. The van der Waals surface area contributed by atoms with E-state index in [1.807, 2.05) is 6.92 Å². The van der Waals surface area contributed by atoms with Crippen LogP contribution in [0.3, 0.4) is 0 Å². The molecule has 0 unspecified atom stereocenters. The van der Waals surface area contributed by atoms with E-state index in [-0.39, 0.29) is 12.4 Å². The van der Waals surface area contributed by atoms with E-state index in [0.717, 1.165) is 5.56 Å². The van der Waals surface area contributed by atoms with Gasteiger partial charge in [-0.25, -0.2) is 5.90 Å². The minimum Gasteiger partial charge on any atom is -0.504 e. The van der Waals surface area contributed by atoms with Crippen molar-refractivity contribution >= 4 is 11.6 Å². The van der Waals surface area contributed by atoms with Crippen molar-refractivity contribution in [3.05, 3.63) is 22.2 Å². The van der Waals surface area contributed by atoms with Gasteiger partial charge < -0.3 is 9.84 Å². The molecule has 1 aromatic rings. The minimum atomic E-state index is -0.0337. The van der Waals surface area contributed by atoms with Gasteiger partial charge in [0.05, 0.1) is 18.7 Å². The number of hydrogen-bond acceptors (Lipinski definition) is 4. The van der Waals surface area contributed by atoms with Crippen LogP contribution in [0.5, 0.6) is 11.5 Å². The van der Waals surface area contributed by atoms with Gasteiger partial charge in [-0.2, -0.15) is 0 Å². The smallest absolute Gasteiger partial charge is 0.164 e. The molecular formula is C9H12ClNO3. The van der Waals surface area contributed by atoms with Gasteiger partial charge in [0.1, 0.15) is 0 Å². The van der Waals surface area contributed by atoms with E-state index >= 15 is 0 Å². The summed E-state index contributed by atoms with van der Waals surface area (Å²) in [6.45, 7) is 1.85. The first-order valence-corrected chi connectivity index (χ1v) is 4.36. The van der Waals surface area contributed by atoms with Crippen LogP contribution in [0, 0.1) is 6.92 Å². The fourth-order valence-corrected chi connectivity index (χ4v) is 1.39. The Labute approximate surface area is 87.1 Å². The SMILES string of the molecule is COc1cc(C)c(Cl)c(CON)c1O. The van der Waals surface area contributed by atoms with Crippen LogP contribution < -0.4 is 10.6 Å². The van der Waals surface area contributed by atoms with E-state index in [4.69, 9.17) is 22.2 Å². The van der Waals surface area contributed by atoms with Crippen molar-refractivity contribution in [2.75, 3.05) is 7.11 Å². The Morgan fingerprint density at radius 2 is 2.21 bits per heavy atom. The number of hydrogen-bond donors (Lipinski definition) is 2. The molecule has 0 aliphatic heterocycles. The fraction of sp³-hybridized carbons (Fsp3) is 0.333. The molecule has 0 amide bonds. The largest absolute Gasteiger partial charge is 0.504 e. The van der Waals surface area contributed by atoms with Gasteiger partial charge in [0.15, 0.2) is 11.5 Å². The highest BCUT2D eigenvalue weighted by atomic mass is 35.5. The molecular weight excluding hydrogens is 206 g/mol. The predicted octanol–water partition coefficient (Wildman–Crippen LogP) is 1.75. The van der Waals surface area contributed by atoms with Gasteiger partial charge in [-0.1, -0.05) is 11.6 Å². The third-order valence-electron chi connectivity index (χ3n) is 1.93. The topological polar surface area (TPSA) is 64.7 Å². The van der Waals surface area contributed by atoms with Gasteiger partial charge in [-0.05, 0) is 18.6 Å². The number of ether oxygens (including phenoxy) is 1. The molecule has 0 saturated heterocycles. The standard InChI is InChI=1S/C9H12ClNO3/c1-5-3-7(13-2)9(12)6(4-14-11)8(5)10/h3,12H,4,11H2,1-2H3. The Bertz CT molecular complexity index is 341. The van der Waals surface area contributed by atoms with Crippen molar-refractivity contribution in [2.45, 2.75) is 13.5 Å². The maximum absolute atomic E-state index is 9.68. The van der Waals surface area contributed by atoms with Crippen molar-refractivity contribution in [2.24, 2.45) is 5.90 Å². The second-order valence-corrected chi connectivity index (χ2v) is 3.23. The Morgan fingerprint density at radius 1 is 1.57 bits per heavy atom. The van der Waals surface area contributed by atoms with Gasteiger partial charge >= 0.3 is 0 Å². The van der Waals surface area contributed by atoms with Gasteiger partial charge in [0.2, 0.25) is 0 Å². The highest BCUT2D eigenvalue weighted by molar-refractivity contribution is 6.32. The number of benzene rings is 1. The molecule has 3 N–H and O–H groups in total. The Kier molecular flexibility index (Phi) is 3.57. The monoisotopic (exact) mass is 217 g/mol. The molecule has 5 heteroatoms. The van der Waals surface area contributed by atoms with Crippen LogP contribution in [-0.2, 0) is 11.4 Å². The molecule has 0 bridgehead atoms. The highest BCUT2D eigenvalue weighted by Crippen LogP contribution is 2.37. The average molecular weight is 218 g/mol. The predicted molar refractivity (Wildman–Crippen MR) is 53.4 cm³/mol. The zero-order valence-corrected chi connectivity index (χ0v) is 8.76. The van der Waals surface area contributed by atoms with Crippen molar-refractivity contribution in [3.8, 4) is 11.5 Å². The normalized spacial score (nSPS) is 10.3. The molecule has 4 nitrogen and oxygen atoms in total. The lowest BCUT2D eigenvalue weighted by atomic mass is 10.1. The maximum Gasteiger partial charge on any atom is 0.164 e. The molecule has 0 spiro atoms. The van der Waals surface area contributed by atoms with Crippen molar-refractivity contribution in [1.29, 1.82) is 0 Å². The van der Waals surface area contributed by atoms with Crippen molar-refractivity contribution in [3.63, 3.8) is 0 Å². The number of nitrogens with two attached hydrogens (primary N) is 1. The minimum absolute atomic E-state index is 0.0337. The molecule has 0 heterocycles. The van der Waals surface area contributed by atoms with Crippen molar-refractivity contribution in [1.82, 2.24) is 0 Å². The molecule has 0 aliphatic rings. The lowest BCUT2D eigenvalue weighted by molar-refractivity contribution is 0.122. The molecule has 1 aromatic carbocycles. The third kappa shape index (κ3) is 1.92. The van der Waals surface area contributed by atoms with Crippen LogP contribution >= 0.6 is 11.6 Å². The molecule has 0 radical (unpaired) electrons. The first-order valence-electron chi connectivity index (χ1n) is 3.98. The summed E-state index contributed by atoms with van der Waals surface area (Å²) in [4.78, 5) is 4.44. The lowest BCUT2D eigenvalue weighted by Crippen LogP contribution is -2.01. The molecule has 0 fully saturated rings. The first-order chi connectivity index (χ1) is 6.61. The van der Waals surface area contributed by atoms with E-state index < -0.39 is 0 Å². The molecule has 78 valence electrons. The summed E-state index contributed by atoms with van der Waals surface area (Å²) in [6.07, 6.45) is 0. The van der Waals surface area contributed by atoms with Gasteiger partial charge in [-0.3, -0.25) is 4.84 Å². The molecule has 0 atom stereocenters. The fourth-order valence-electron chi connectivity index (χ4n) is 1.19. The first kappa shape index (κ1) is 11.1. The van der Waals surface area contributed by atoms with Crippen LogP contribution in [0.25, 0.3) is 0 Å². The number of phenolic OH excluding ortho intramolecular Hbond substituents is 1. The summed E-state index contributed by atoms with van der Waals surface area (Å²) in [5.41, 5.74) is 1.24. The molecule has 1 rings (SSSR count). The number of halogens is 1. The van der Waals surface area contributed by atoms with E-state index in [9.17, 15) is 5.11 Å². The van der Waals surface area contributed by atoms with Gasteiger partial charge in [0.25, 0.3) is 0 Å². The van der Waals surface area contributed by atoms with Crippen LogP contribution in [0.1, 0.15) is 11.1 Å². The van der Waals surface area contributed by atoms with Gasteiger partial charge in [-0.15, -0.1) is 0 Å². The quantitative estimate of drug-likeness (QED) is 0.758. The van der Waals surface area contributed by atoms with E-state index in [1.54, 1.807) is 6.07 Å². The summed E-state index contributed by atoms with van der Waals surface area (Å²) in [7, 11) is 1.47. The summed E-state index contributed by atoms with van der Waals surface area (Å²) in [5.74, 6) is 5.26. The Morgan fingerprint density at radius 3 is 2.71 bits per heavy atom. The summed E-state index contributed by atoms with van der Waals surface area (Å²) in [6, 6.07) is 1.65. The summed E-state index contributed by atoms with van der Waals surface area (Å²) in [5, 5.41) is 10.1. The van der Waals surface area contributed by atoms with Crippen molar-refractivity contribution < 1.29 is 14.7 Å². The second kappa shape index (κ2) is 4.50.